The average molecular weight is 272 g/mol. The molecule has 2 atom stereocenters. The molecule has 1 saturated carbocycles. The lowest BCUT2D eigenvalue weighted by Crippen LogP contribution is -2.53. The van der Waals surface area contributed by atoms with Gasteiger partial charge in [-0.15, -0.1) is 0 Å². The van der Waals surface area contributed by atoms with E-state index in [0.717, 1.165) is 38.8 Å². The van der Waals surface area contributed by atoms with Crippen LogP contribution in [0.4, 0.5) is 11.5 Å². The predicted molar refractivity (Wildman–Crippen MR) is 77.1 cm³/mol. The molecule has 2 unspecified atom stereocenters. The maximum absolute atomic E-state index is 10.7. The van der Waals surface area contributed by atoms with Crippen LogP contribution in [0.25, 0.3) is 0 Å². The Labute approximate surface area is 119 Å². The zero-order chi connectivity index (χ0) is 14.2. The molecule has 106 valence electrons. The van der Waals surface area contributed by atoms with Crippen molar-refractivity contribution in [1.82, 2.24) is 4.98 Å². The molecule has 0 radical (unpaired) electrons. The van der Waals surface area contributed by atoms with Crippen molar-refractivity contribution < 1.29 is 5.11 Å². The van der Waals surface area contributed by atoms with Crippen molar-refractivity contribution in [2.24, 2.45) is 5.92 Å². The van der Waals surface area contributed by atoms with Gasteiger partial charge >= 0.3 is 0 Å². The van der Waals surface area contributed by atoms with Gasteiger partial charge in [-0.3, -0.25) is 0 Å². The Morgan fingerprint density at radius 2 is 2.30 bits per heavy atom. The molecule has 0 spiro atoms. The summed E-state index contributed by atoms with van der Waals surface area (Å²) >= 11 is 0. The summed E-state index contributed by atoms with van der Waals surface area (Å²) in [4.78, 5) is 6.46. The third-order valence-electron chi connectivity index (χ3n) is 4.74. The summed E-state index contributed by atoms with van der Waals surface area (Å²) in [5.74, 6) is 0.991. The number of nitrogens with two attached hydrogens (primary N) is 1. The zero-order valence-corrected chi connectivity index (χ0v) is 11.5. The maximum atomic E-state index is 10.7. The Kier molecular flexibility index (Phi) is 3.27. The largest absolute Gasteiger partial charge is 0.397 e. The highest BCUT2D eigenvalue weighted by molar-refractivity contribution is 5.59. The molecule has 2 fully saturated rings. The first kappa shape index (κ1) is 13.2. The molecule has 2 aliphatic rings. The van der Waals surface area contributed by atoms with E-state index in [0.29, 0.717) is 17.1 Å². The van der Waals surface area contributed by atoms with E-state index in [2.05, 4.69) is 16.0 Å². The normalized spacial score (nSPS) is 29.6. The Hall–Kier alpha value is -1.80. The fraction of sp³-hybridized carbons (Fsp3) is 0.600. The molecular formula is C15H20N4O. The molecule has 3 rings (SSSR count). The summed E-state index contributed by atoms with van der Waals surface area (Å²) in [5, 5.41) is 19.9. The highest BCUT2D eigenvalue weighted by atomic mass is 16.3. The van der Waals surface area contributed by atoms with Crippen LogP contribution in [0.15, 0.2) is 12.3 Å². The standard InChI is InChI=1S/C15H20N4O/c16-8-11-7-13(17)9-18-14(11)19-6-5-15(20)4-2-1-3-12(15)10-19/h7,9,12,20H,1-6,10,17H2. The molecule has 5 heteroatoms. The number of nitrogen functional groups attached to an aromatic ring is 1. The van der Waals surface area contributed by atoms with Gasteiger partial charge < -0.3 is 15.7 Å². The van der Waals surface area contributed by atoms with E-state index >= 15 is 0 Å². The number of aliphatic hydroxyl groups is 1. The minimum Gasteiger partial charge on any atom is -0.397 e. The van der Waals surface area contributed by atoms with Crippen LogP contribution in [0.1, 0.15) is 37.7 Å². The van der Waals surface area contributed by atoms with E-state index in [9.17, 15) is 10.4 Å². The summed E-state index contributed by atoms with van der Waals surface area (Å²) in [6.07, 6.45) is 6.62. The number of hydrogen-bond acceptors (Lipinski definition) is 5. The minimum absolute atomic E-state index is 0.288. The van der Waals surface area contributed by atoms with Crippen LogP contribution in [0.2, 0.25) is 0 Å². The molecule has 0 amide bonds. The summed E-state index contributed by atoms with van der Waals surface area (Å²) < 4.78 is 0. The number of piperidine rings is 1. The fourth-order valence-electron chi connectivity index (χ4n) is 3.57. The lowest BCUT2D eigenvalue weighted by Gasteiger charge is -2.47. The molecule has 1 saturated heterocycles. The monoisotopic (exact) mass is 272 g/mol. The van der Waals surface area contributed by atoms with E-state index in [1.54, 1.807) is 12.3 Å². The molecule has 0 aromatic carbocycles. The second kappa shape index (κ2) is 4.95. The van der Waals surface area contributed by atoms with Crippen molar-refractivity contribution in [1.29, 1.82) is 5.26 Å². The van der Waals surface area contributed by atoms with Crippen molar-refractivity contribution in [2.75, 3.05) is 23.7 Å². The second-order valence-electron chi connectivity index (χ2n) is 5.99. The van der Waals surface area contributed by atoms with Gasteiger partial charge in [0, 0.05) is 19.0 Å². The molecule has 1 aliphatic heterocycles. The van der Waals surface area contributed by atoms with Gasteiger partial charge in [0.2, 0.25) is 0 Å². The van der Waals surface area contributed by atoms with E-state index in [1.165, 1.54) is 6.42 Å². The first-order valence-corrected chi connectivity index (χ1v) is 7.25. The van der Waals surface area contributed by atoms with Gasteiger partial charge in [-0.1, -0.05) is 12.8 Å². The summed E-state index contributed by atoms with van der Waals surface area (Å²) in [6, 6.07) is 3.84. The first-order chi connectivity index (χ1) is 9.62. The fourth-order valence-corrected chi connectivity index (χ4v) is 3.57. The van der Waals surface area contributed by atoms with E-state index < -0.39 is 5.60 Å². The Morgan fingerprint density at radius 3 is 3.10 bits per heavy atom. The summed E-state index contributed by atoms with van der Waals surface area (Å²) in [5.41, 5.74) is 6.21. The average Bonchev–Trinajstić information content (AvgIpc) is 2.46. The van der Waals surface area contributed by atoms with Crippen LogP contribution in [0.5, 0.6) is 0 Å². The van der Waals surface area contributed by atoms with Gasteiger partial charge in [0.15, 0.2) is 0 Å². The van der Waals surface area contributed by atoms with Gasteiger partial charge in [-0.05, 0) is 25.3 Å². The van der Waals surface area contributed by atoms with Gasteiger partial charge in [0.25, 0.3) is 0 Å². The van der Waals surface area contributed by atoms with Crippen molar-refractivity contribution >= 4 is 11.5 Å². The Morgan fingerprint density at radius 1 is 1.45 bits per heavy atom. The molecule has 2 heterocycles. The molecule has 20 heavy (non-hydrogen) atoms. The van der Waals surface area contributed by atoms with Crippen LogP contribution >= 0.6 is 0 Å². The van der Waals surface area contributed by atoms with Crippen molar-refractivity contribution in [2.45, 2.75) is 37.7 Å². The third kappa shape index (κ3) is 2.20. The topological polar surface area (TPSA) is 86.2 Å². The molecule has 1 aliphatic carbocycles. The lowest BCUT2D eigenvalue weighted by molar-refractivity contribution is -0.0613. The smallest absolute Gasteiger partial charge is 0.146 e. The van der Waals surface area contributed by atoms with Crippen molar-refractivity contribution in [3.63, 3.8) is 0 Å². The van der Waals surface area contributed by atoms with Crippen LogP contribution in [0, 0.1) is 17.2 Å². The third-order valence-corrected chi connectivity index (χ3v) is 4.74. The molecule has 0 bridgehead atoms. The van der Waals surface area contributed by atoms with Gasteiger partial charge in [-0.25, -0.2) is 4.98 Å². The minimum atomic E-state index is -0.505. The highest BCUT2D eigenvalue weighted by Crippen LogP contribution is 2.41. The van der Waals surface area contributed by atoms with E-state index in [4.69, 9.17) is 5.73 Å². The number of aromatic nitrogens is 1. The number of fused-ring (bicyclic) bond motifs is 1. The second-order valence-corrected chi connectivity index (χ2v) is 5.99. The molecular weight excluding hydrogens is 252 g/mol. The van der Waals surface area contributed by atoms with Crippen molar-refractivity contribution in [3.05, 3.63) is 17.8 Å². The number of rotatable bonds is 1. The molecule has 5 nitrogen and oxygen atoms in total. The van der Waals surface area contributed by atoms with Gasteiger partial charge in [0.05, 0.1) is 23.0 Å². The van der Waals surface area contributed by atoms with Crippen LogP contribution < -0.4 is 10.6 Å². The van der Waals surface area contributed by atoms with Crippen LogP contribution in [-0.4, -0.2) is 28.8 Å². The number of anilines is 2. The highest BCUT2D eigenvalue weighted by Gasteiger charge is 2.43. The van der Waals surface area contributed by atoms with E-state index in [-0.39, 0.29) is 5.92 Å². The predicted octanol–water partition coefficient (Wildman–Crippen LogP) is 1.67. The number of pyridine rings is 1. The number of nitriles is 1. The SMILES string of the molecule is N#Cc1cc(N)cnc1N1CCC2(O)CCCCC2C1. The molecule has 1 aromatic heterocycles. The lowest BCUT2D eigenvalue weighted by atomic mass is 9.71. The first-order valence-electron chi connectivity index (χ1n) is 7.25. The number of hydrogen-bond donors (Lipinski definition) is 2. The van der Waals surface area contributed by atoms with Crippen LogP contribution in [-0.2, 0) is 0 Å². The summed E-state index contributed by atoms with van der Waals surface area (Å²) in [7, 11) is 0. The maximum Gasteiger partial charge on any atom is 0.146 e. The van der Waals surface area contributed by atoms with Crippen molar-refractivity contribution in [3.8, 4) is 6.07 Å². The zero-order valence-electron chi connectivity index (χ0n) is 11.5. The van der Waals surface area contributed by atoms with E-state index in [1.807, 2.05) is 0 Å². The van der Waals surface area contributed by atoms with Gasteiger partial charge in [-0.2, -0.15) is 5.26 Å². The van der Waals surface area contributed by atoms with Gasteiger partial charge in [0.1, 0.15) is 11.9 Å². The van der Waals surface area contributed by atoms with Crippen LogP contribution in [0.3, 0.4) is 0 Å². The molecule has 1 aromatic rings. The summed E-state index contributed by atoms with van der Waals surface area (Å²) in [6.45, 7) is 1.53. The number of nitrogens with zero attached hydrogens (tertiary/aromatic N) is 3. The Bertz CT molecular complexity index is 553. The Balaban J connectivity index is 1.85. The molecule has 3 N–H and O–H groups in total. The quantitative estimate of drug-likeness (QED) is 0.812.